The molecule has 1 atom stereocenters. The van der Waals surface area contributed by atoms with E-state index in [0.29, 0.717) is 22.8 Å². The summed E-state index contributed by atoms with van der Waals surface area (Å²) in [5, 5.41) is 3.07. The third-order valence-corrected chi connectivity index (χ3v) is 5.00. The van der Waals surface area contributed by atoms with Crippen molar-refractivity contribution in [2.24, 2.45) is 10.7 Å². The molecule has 0 saturated heterocycles. The average molecular weight is 390 g/mol. The summed E-state index contributed by atoms with van der Waals surface area (Å²) in [4.78, 5) is 24.7. The van der Waals surface area contributed by atoms with Crippen molar-refractivity contribution in [2.75, 3.05) is 23.9 Å². The molecule has 8 nitrogen and oxygen atoms in total. The molecule has 0 saturated carbocycles. The van der Waals surface area contributed by atoms with Crippen molar-refractivity contribution >= 4 is 34.3 Å². The van der Waals surface area contributed by atoms with Gasteiger partial charge in [-0.1, -0.05) is 11.8 Å². The van der Waals surface area contributed by atoms with E-state index >= 15 is 0 Å². The number of aromatic nitrogens is 2. The number of benzene rings is 1. The van der Waals surface area contributed by atoms with Crippen LogP contribution < -0.4 is 21.5 Å². The van der Waals surface area contributed by atoms with E-state index in [2.05, 4.69) is 20.3 Å². The molecule has 1 aromatic heterocycles. The largest absolute Gasteiger partial charge is 0.480 e. The maximum absolute atomic E-state index is 14.4. The average Bonchev–Trinajstić information content (AvgIpc) is 2.62. The van der Waals surface area contributed by atoms with E-state index in [4.69, 9.17) is 16.2 Å². The number of methoxy groups -OCH3 is 1. The first-order valence-electron chi connectivity index (χ1n) is 8.08. The summed E-state index contributed by atoms with van der Waals surface area (Å²) in [6.07, 6.45) is 1.92. The van der Waals surface area contributed by atoms with Crippen molar-refractivity contribution in [1.82, 2.24) is 9.97 Å². The fraction of sp³-hybridized carbons (Fsp3) is 0.294. The van der Waals surface area contributed by atoms with Gasteiger partial charge in [0.25, 0.3) is 5.91 Å². The Morgan fingerprint density at radius 1 is 1.41 bits per heavy atom. The number of aliphatic imine (C=N–C) groups is 1. The molecule has 2 heterocycles. The number of nitrogens with two attached hydrogens (primary N) is 2. The lowest BCUT2D eigenvalue weighted by Gasteiger charge is -2.30. The quantitative estimate of drug-likeness (QED) is 0.729. The Kier molecular flexibility index (Phi) is 5.17. The number of halogens is 1. The van der Waals surface area contributed by atoms with E-state index in [-0.39, 0.29) is 17.4 Å². The van der Waals surface area contributed by atoms with E-state index in [1.807, 2.05) is 6.92 Å². The number of thioether (sulfide) groups is 1. The zero-order valence-corrected chi connectivity index (χ0v) is 15.6. The summed E-state index contributed by atoms with van der Waals surface area (Å²) < 4.78 is 19.4. The smallest absolute Gasteiger partial charge is 0.278 e. The predicted molar refractivity (Wildman–Crippen MR) is 103 cm³/mol. The van der Waals surface area contributed by atoms with E-state index < -0.39 is 17.3 Å². The van der Waals surface area contributed by atoms with E-state index in [1.54, 1.807) is 6.07 Å². The Morgan fingerprint density at radius 2 is 2.19 bits per heavy atom. The van der Waals surface area contributed by atoms with Crippen LogP contribution in [0, 0.1) is 5.82 Å². The second-order valence-electron chi connectivity index (χ2n) is 6.12. The number of carbonyl (C=O) groups excluding carboxylic acids is 1. The second-order valence-corrected chi connectivity index (χ2v) is 7.23. The second kappa shape index (κ2) is 7.39. The maximum atomic E-state index is 14.4. The van der Waals surface area contributed by atoms with Gasteiger partial charge in [0, 0.05) is 17.0 Å². The molecule has 0 fully saturated rings. The summed E-state index contributed by atoms with van der Waals surface area (Å²) in [5.41, 5.74) is 11.5. The Hall–Kier alpha value is -2.88. The van der Waals surface area contributed by atoms with Crippen molar-refractivity contribution < 1.29 is 13.9 Å². The summed E-state index contributed by atoms with van der Waals surface area (Å²) in [6.45, 7) is 1.82. The van der Waals surface area contributed by atoms with Gasteiger partial charge in [0.1, 0.15) is 5.82 Å². The Bertz CT molecular complexity index is 922. The van der Waals surface area contributed by atoms with Crippen LogP contribution in [-0.4, -0.2) is 33.9 Å². The number of anilines is 2. The summed E-state index contributed by atoms with van der Waals surface area (Å²) >= 11 is 1.43. The van der Waals surface area contributed by atoms with Crippen molar-refractivity contribution in [1.29, 1.82) is 0 Å². The van der Waals surface area contributed by atoms with Gasteiger partial charge in [0.05, 0.1) is 18.8 Å². The van der Waals surface area contributed by atoms with Crippen LogP contribution >= 0.6 is 11.8 Å². The molecule has 0 radical (unpaired) electrons. The fourth-order valence-electron chi connectivity index (χ4n) is 2.75. The highest BCUT2D eigenvalue weighted by Gasteiger charge is 2.32. The monoisotopic (exact) mass is 390 g/mol. The number of amidine groups is 1. The molecule has 1 aromatic carbocycles. The SMILES string of the molecule is COc1cnc(C(=O)Nc2ccc(F)c([C@]3(C)CCSC(N)=N3)c2)c(N)n1. The van der Waals surface area contributed by atoms with E-state index in [9.17, 15) is 9.18 Å². The van der Waals surface area contributed by atoms with Gasteiger partial charge in [-0.05, 0) is 31.5 Å². The lowest BCUT2D eigenvalue weighted by Crippen LogP contribution is -2.30. The molecule has 1 aliphatic heterocycles. The van der Waals surface area contributed by atoms with Crippen molar-refractivity contribution in [3.63, 3.8) is 0 Å². The lowest BCUT2D eigenvalue weighted by molar-refractivity contribution is 0.102. The highest BCUT2D eigenvalue weighted by molar-refractivity contribution is 8.13. The Balaban J connectivity index is 1.88. The number of nitrogens with zero attached hydrogens (tertiary/aromatic N) is 3. The molecule has 10 heteroatoms. The zero-order chi connectivity index (χ0) is 19.6. The number of ether oxygens (including phenoxy) is 1. The third-order valence-electron chi connectivity index (χ3n) is 4.20. The molecular weight excluding hydrogens is 371 g/mol. The predicted octanol–water partition coefficient (Wildman–Crippen LogP) is 2.13. The molecule has 27 heavy (non-hydrogen) atoms. The molecule has 1 aliphatic rings. The van der Waals surface area contributed by atoms with Crippen molar-refractivity contribution in [2.45, 2.75) is 18.9 Å². The molecule has 1 amide bonds. The normalized spacial score (nSPS) is 19.3. The minimum absolute atomic E-state index is 0.0516. The van der Waals surface area contributed by atoms with Gasteiger partial charge in [0.2, 0.25) is 5.88 Å². The van der Waals surface area contributed by atoms with Crippen LogP contribution in [0.4, 0.5) is 15.9 Å². The van der Waals surface area contributed by atoms with Crippen LogP contribution in [0.5, 0.6) is 5.88 Å². The van der Waals surface area contributed by atoms with Gasteiger partial charge < -0.3 is 21.5 Å². The first-order valence-corrected chi connectivity index (χ1v) is 9.07. The fourth-order valence-corrected chi connectivity index (χ4v) is 3.72. The molecule has 0 spiro atoms. The van der Waals surface area contributed by atoms with Gasteiger partial charge in [0.15, 0.2) is 16.7 Å². The van der Waals surface area contributed by atoms with Gasteiger partial charge in [-0.3, -0.25) is 9.79 Å². The Labute approximate surface area is 159 Å². The standard InChI is InChI=1S/C17H19FN6O2S/c1-17(5-6-27-16(20)24-17)10-7-9(3-4-11(10)18)22-15(25)13-14(19)23-12(26-2)8-21-13/h3-4,7-8H,5-6H2,1-2H3,(H2,19,23)(H2,20,24)(H,22,25)/t17-/m0/s1. The van der Waals surface area contributed by atoms with E-state index in [1.165, 1.54) is 37.2 Å². The topological polar surface area (TPSA) is 129 Å². The zero-order valence-electron chi connectivity index (χ0n) is 14.8. The van der Waals surface area contributed by atoms with Crippen molar-refractivity contribution in [3.8, 4) is 5.88 Å². The molecule has 0 aliphatic carbocycles. The van der Waals surface area contributed by atoms with Crippen LogP contribution in [0.25, 0.3) is 0 Å². The maximum Gasteiger partial charge on any atom is 0.278 e. The molecule has 0 bridgehead atoms. The molecule has 5 N–H and O–H groups in total. The van der Waals surface area contributed by atoms with E-state index in [0.717, 1.165) is 5.75 Å². The van der Waals surface area contributed by atoms with Crippen molar-refractivity contribution in [3.05, 3.63) is 41.5 Å². The number of nitrogens with one attached hydrogen (secondary N) is 1. The van der Waals surface area contributed by atoms with Crippen LogP contribution in [0.2, 0.25) is 0 Å². The third kappa shape index (κ3) is 3.95. The lowest BCUT2D eigenvalue weighted by atomic mass is 9.89. The van der Waals surface area contributed by atoms with Gasteiger partial charge >= 0.3 is 0 Å². The number of hydrogen-bond donors (Lipinski definition) is 3. The molecule has 142 valence electrons. The van der Waals surface area contributed by atoms with Gasteiger partial charge in [-0.15, -0.1) is 0 Å². The first-order chi connectivity index (χ1) is 12.8. The number of hydrogen-bond acceptors (Lipinski definition) is 8. The highest BCUT2D eigenvalue weighted by atomic mass is 32.2. The summed E-state index contributed by atoms with van der Waals surface area (Å²) in [7, 11) is 1.42. The Morgan fingerprint density at radius 3 is 2.85 bits per heavy atom. The van der Waals surface area contributed by atoms with Crippen LogP contribution in [-0.2, 0) is 5.54 Å². The summed E-state index contributed by atoms with van der Waals surface area (Å²) in [5.74, 6) is -0.107. The molecule has 3 rings (SSSR count). The molecule has 0 unspecified atom stereocenters. The van der Waals surface area contributed by atoms with Crippen LogP contribution in [0.1, 0.15) is 29.4 Å². The first kappa shape index (κ1) is 18.9. The minimum Gasteiger partial charge on any atom is -0.480 e. The number of nitrogen functional groups attached to an aromatic ring is 1. The number of carbonyl (C=O) groups is 1. The molecule has 2 aromatic rings. The van der Waals surface area contributed by atoms with Crippen LogP contribution in [0.3, 0.4) is 0 Å². The van der Waals surface area contributed by atoms with Crippen LogP contribution in [0.15, 0.2) is 29.4 Å². The van der Waals surface area contributed by atoms with Gasteiger partial charge in [-0.2, -0.15) is 4.98 Å². The summed E-state index contributed by atoms with van der Waals surface area (Å²) in [6, 6.07) is 4.29. The van der Waals surface area contributed by atoms with Gasteiger partial charge in [-0.25, -0.2) is 9.37 Å². The number of amides is 1. The minimum atomic E-state index is -0.793. The highest BCUT2D eigenvalue weighted by Crippen LogP contribution is 2.37. The number of rotatable bonds is 4. The molecular formula is C17H19FN6O2S.